The molecule has 0 radical (unpaired) electrons. The van der Waals surface area contributed by atoms with Gasteiger partial charge in [0.15, 0.2) is 0 Å². The van der Waals surface area contributed by atoms with Gasteiger partial charge in [-0.05, 0) is 67.9 Å². The molecule has 1 aliphatic heterocycles. The third-order valence-electron chi connectivity index (χ3n) is 5.08. The van der Waals surface area contributed by atoms with Crippen LogP contribution < -0.4 is 10.2 Å². The molecule has 0 atom stereocenters. The summed E-state index contributed by atoms with van der Waals surface area (Å²) in [5, 5.41) is 3.06. The molecule has 1 aromatic heterocycles. The van der Waals surface area contributed by atoms with Crippen LogP contribution in [-0.4, -0.2) is 19.0 Å². The molecule has 126 valence electrons. The molecule has 1 aliphatic carbocycles. The number of hydrogen-bond acceptors (Lipinski definition) is 3. The zero-order chi connectivity index (χ0) is 16.4. The summed E-state index contributed by atoms with van der Waals surface area (Å²) in [5.41, 5.74) is 3.85. The predicted octanol–water partition coefficient (Wildman–Crippen LogP) is 4.16. The highest BCUT2D eigenvalue weighted by Crippen LogP contribution is 2.30. The van der Waals surface area contributed by atoms with Crippen molar-refractivity contribution in [2.24, 2.45) is 0 Å². The van der Waals surface area contributed by atoms with Crippen molar-refractivity contribution >= 4 is 22.9 Å². The Balaban J connectivity index is 1.34. The van der Waals surface area contributed by atoms with Gasteiger partial charge in [-0.1, -0.05) is 12.1 Å². The lowest BCUT2D eigenvalue weighted by Crippen LogP contribution is -2.29. The number of nitrogens with zero attached hydrogens (tertiary/aromatic N) is 1. The van der Waals surface area contributed by atoms with E-state index in [1.54, 1.807) is 11.3 Å². The first-order chi connectivity index (χ1) is 11.8. The number of nitrogens with one attached hydrogen (secondary N) is 1. The monoisotopic (exact) mass is 340 g/mol. The van der Waals surface area contributed by atoms with Gasteiger partial charge in [0.05, 0.1) is 4.88 Å². The second-order valence-corrected chi connectivity index (χ2v) is 7.95. The quantitative estimate of drug-likeness (QED) is 0.906. The van der Waals surface area contributed by atoms with Gasteiger partial charge in [-0.2, -0.15) is 0 Å². The molecule has 0 saturated carbocycles. The number of thiophene rings is 1. The Morgan fingerprint density at radius 3 is 2.58 bits per heavy atom. The Bertz CT molecular complexity index is 692. The molecule has 1 N–H and O–H groups in total. The summed E-state index contributed by atoms with van der Waals surface area (Å²) in [6.07, 6.45) is 7.46. The molecule has 1 aromatic carbocycles. The van der Waals surface area contributed by atoms with Crippen LogP contribution in [0, 0.1) is 0 Å². The molecule has 0 spiro atoms. The van der Waals surface area contributed by atoms with Crippen LogP contribution in [0.3, 0.4) is 0 Å². The Morgan fingerprint density at radius 2 is 1.83 bits per heavy atom. The highest BCUT2D eigenvalue weighted by Gasteiger charge is 2.18. The van der Waals surface area contributed by atoms with E-state index in [1.807, 2.05) is 0 Å². The Hall–Kier alpha value is -1.81. The summed E-state index contributed by atoms with van der Waals surface area (Å²) >= 11 is 1.67. The molecule has 4 rings (SSSR count). The number of fused-ring (bicyclic) bond motifs is 1. The molecule has 1 fully saturated rings. The Morgan fingerprint density at radius 1 is 1.04 bits per heavy atom. The van der Waals surface area contributed by atoms with Gasteiger partial charge in [-0.3, -0.25) is 4.79 Å². The fourth-order valence-corrected chi connectivity index (χ4v) is 4.86. The van der Waals surface area contributed by atoms with Crippen molar-refractivity contribution in [3.8, 4) is 0 Å². The second-order valence-electron chi connectivity index (χ2n) is 6.81. The lowest BCUT2D eigenvalue weighted by Gasteiger charge is -2.28. The number of benzene rings is 1. The van der Waals surface area contributed by atoms with E-state index in [2.05, 4.69) is 40.5 Å². The van der Waals surface area contributed by atoms with E-state index in [1.165, 1.54) is 54.9 Å². The fourth-order valence-electron chi connectivity index (χ4n) is 3.69. The third-order valence-corrected chi connectivity index (χ3v) is 6.32. The van der Waals surface area contributed by atoms with Gasteiger partial charge in [-0.15, -0.1) is 11.3 Å². The Kier molecular flexibility index (Phi) is 4.56. The minimum atomic E-state index is 0.0644. The second kappa shape index (κ2) is 6.98. The lowest BCUT2D eigenvalue weighted by molar-refractivity contribution is 0.0955. The molecule has 24 heavy (non-hydrogen) atoms. The van der Waals surface area contributed by atoms with Gasteiger partial charge in [0.2, 0.25) is 0 Å². The average Bonchev–Trinajstić information content (AvgIpc) is 3.23. The van der Waals surface area contributed by atoms with E-state index in [9.17, 15) is 4.79 Å². The standard InChI is InChI=1S/C20H24N2OS/c23-20(19-13-16-5-4-6-18(16)24-19)21-14-15-7-9-17(10-8-15)22-11-2-1-3-12-22/h7-10,13H,1-6,11-12,14H2,(H,21,23). The van der Waals surface area contributed by atoms with Gasteiger partial charge in [0.1, 0.15) is 0 Å². The topological polar surface area (TPSA) is 32.3 Å². The minimum Gasteiger partial charge on any atom is -0.372 e. The average molecular weight is 340 g/mol. The zero-order valence-electron chi connectivity index (χ0n) is 14.0. The van der Waals surface area contributed by atoms with Gasteiger partial charge < -0.3 is 10.2 Å². The fraction of sp³-hybridized carbons (Fsp3) is 0.450. The van der Waals surface area contributed by atoms with Crippen molar-refractivity contribution < 1.29 is 4.79 Å². The zero-order valence-corrected chi connectivity index (χ0v) is 14.8. The van der Waals surface area contributed by atoms with E-state index in [-0.39, 0.29) is 5.91 Å². The lowest BCUT2D eigenvalue weighted by atomic mass is 10.1. The molecule has 4 heteroatoms. The van der Waals surface area contributed by atoms with Crippen LogP contribution >= 0.6 is 11.3 Å². The first kappa shape index (κ1) is 15.7. The number of hydrogen-bond donors (Lipinski definition) is 1. The smallest absolute Gasteiger partial charge is 0.261 e. The molecule has 2 aliphatic rings. The van der Waals surface area contributed by atoms with Crippen LogP contribution in [0.5, 0.6) is 0 Å². The summed E-state index contributed by atoms with van der Waals surface area (Å²) in [4.78, 5) is 17.1. The van der Waals surface area contributed by atoms with Crippen molar-refractivity contribution in [2.45, 2.75) is 45.1 Å². The summed E-state index contributed by atoms with van der Waals surface area (Å²) < 4.78 is 0. The largest absolute Gasteiger partial charge is 0.372 e. The Labute approximate surface area is 147 Å². The van der Waals surface area contributed by atoms with E-state index in [4.69, 9.17) is 0 Å². The molecule has 1 saturated heterocycles. The van der Waals surface area contributed by atoms with Crippen LogP contribution in [0.4, 0.5) is 5.69 Å². The maximum Gasteiger partial charge on any atom is 0.261 e. The van der Waals surface area contributed by atoms with Crippen molar-refractivity contribution in [1.29, 1.82) is 0 Å². The first-order valence-corrected chi connectivity index (χ1v) is 9.85. The number of amides is 1. The maximum absolute atomic E-state index is 12.3. The van der Waals surface area contributed by atoms with Crippen LogP contribution in [0.25, 0.3) is 0 Å². The number of aryl methyl sites for hydroxylation is 2. The number of carbonyl (C=O) groups excluding carboxylic acids is 1. The highest BCUT2D eigenvalue weighted by atomic mass is 32.1. The van der Waals surface area contributed by atoms with Crippen LogP contribution in [-0.2, 0) is 19.4 Å². The highest BCUT2D eigenvalue weighted by molar-refractivity contribution is 7.14. The molecule has 2 heterocycles. The van der Waals surface area contributed by atoms with E-state index in [0.29, 0.717) is 6.54 Å². The number of piperidine rings is 1. The van der Waals surface area contributed by atoms with E-state index < -0.39 is 0 Å². The van der Waals surface area contributed by atoms with Gasteiger partial charge >= 0.3 is 0 Å². The molecule has 2 aromatic rings. The van der Waals surface area contributed by atoms with Crippen LogP contribution in [0.15, 0.2) is 30.3 Å². The molecule has 3 nitrogen and oxygen atoms in total. The predicted molar refractivity (Wildman–Crippen MR) is 100 cm³/mol. The van der Waals surface area contributed by atoms with Gasteiger partial charge in [0.25, 0.3) is 5.91 Å². The summed E-state index contributed by atoms with van der Waals surface area (Å²) in [7, 11) is 0. The number of anilines is 1. The van der Waals surface area contributed by atoms with Crippen molar-refractivity contribution in [3.63, 3.8) is 0 Å². The number of carbonyl (C=O) groups is 1. The molecule has 0 unspecified atom stereocenters. The normalized spacial score (nSPS) is 16.9. The van der Waals surface area contributed by atoms with Crippen LogP contribution in [0.1, 0.15) is 51.4 Å². The van der Waals surface area contributed by atoms with Crippen LogP contribution in [0.2, 0.25) is 0 Å². The first-order valence-electron chi connectivity index (χ1n) is 9.03. The van der Waals surface area contributed by atoms with Gasteiger partial charge in [-0.25, -0.2) is 0 Å². The van der Waals surface area contributed by atoms with Crippen molar-refractivity contribution in [3.05, 3.63) is 51.2 Å². The minimum absolute atomic E-state index is 0.0644. The summed E-state index contributed by atoms with van der Waals surface area (Å²) in [6, 6.07) is 10.7. The SMILES string of the molecule is O=C(NCc1ccc(N2CCCCC2)cc1)c1cc2c(s1)CCC2. The molecular weight excluding hydrogens is 316 g/mol. The van der Waals surface area contributed by atoms with E-state index in [0.717, 1.165) is 23.3 Å². The maximum atomic E-state index is 12.3. The van der Waals surface area contributed by atoms with E-state index >= 15 is 0 Å². The number of rotatable bonds is 4. The van der Waals surface area contributed by atoms with Crippen molar-refractivity contribution in [1.82, 2.24) is 5.32 Å². The summed E-state index contributed by atoms with van der Waals surface area (Å²) in [6.45, 7) is 2.93. The molecular formula is C20H24N2OS. The van der Waals surface area contributed by atoms with Crippen molar-refractivity contribution in [2.75, 3.05) is 18.0 Å². The van der Waals surface area contributed by atoms with Gasteiger partial charge in [0, 0.05) is 30.2 Å². The summed E-state index contributed by atoms with van der Waals surface area (Å²) in [5.74, 6) is 0.0644. The molecule has 0 bridgehead atoms. The third kappa shape index (κ3) is 3.34. The molecule has 1 amide bonds.